The van der Waals surface area contributed by atoms with Crippen molar-refractivity contribution in [2.24, 2.45) is 0 Å². The summed E-state index contributed by atoms with van der Waals surface area (Å²) in [4.78, 5) is 17.8. The summed E-state index contributed by atoms with van der Waals surface area (Å²) in [5.41, 5.74) is 9.67. The van der Waals surface area contributed by atoms with Gasteiger partial charge in [-0.1, -0.05) is 18.2 Å². The fraction of sp³-hybridized carbons (Fsp3) is 0.0952. The van der Waals surface area contributed by atoms with E-state index in [1.165, 1.54) is 4.90 Å². The molecule has 0 saturated carbocycles. The molecule has 4 aromatic rings. The van der Waals surface area contributed by atoms with Crippen molar-refractivity contribution in [3.8, 4) is 11.1 Å². The van der Waals surface area contributed by atoms with Crippen LogP contribution in [0.25, 0.3) is 22.0 Å². The number of nitrogens with one attached hydrogen (secondary N) is 2. The lowest BCUT2D eigenvalue weighted by Gasteiger charge is -2.08. The summed E-state index contributed by atoms with van der Waals surface area (Å²) < 4.78 is 0. The van der Waals surface area contributed by atoms with E-state index in [9.17, 15) is 4.79 Å². The van der Waals surface area contributed by atoms with Crippen LogP contribution in [-0.2, 0) is 11.2 Å². The molecule has 0 radical (unpaired) electrons. The van der Waals surface area contributed by atoms with Crippen molar-refractivity contribution >= 4 is 40.2 Å². The molecular weight excluding hydrogens is 370 g/mol. The summed E-state index contributed by atoms with van der Waals surface area (Å²) >= 11 is 1.68. The van der Waals surface area contributed by atoms with Crippen molar-refractivity contribution in [2.45, 2.75) is 11.3 Å². The van der Waals surface area contributed by atoms with Crippen LogP contribution in [0.4, 0.5) is 11.6 Å². The Balaban J connectivity index is 1.50. The monoisotopic (exact) mass is 389 g/mol. The smallest absolute Gasteiger partial charge is 0.229 e. The number of carbonyl (C=O) groups is 1. The number of aromatic nitrogens is 3. The Morgan fingerprint density at radius 1 is 1.11 bits per heavy atom. The van der Waals surface area contributed by atoms with Crippen LogP contribution < -0.4 is 11.1 Å². The molecule has 2 aromatic carbocycles. The number of H-pyrrole nitrogens is 1. The molecule has 0 aliphatic rings. The van der Waals surface area contributed by atoms with E-state index in [0.29, 0.717) is 18.1 Å². The molecule has 28 heavy (non-hydrogen) atoms. The SMILES string of the molecule is CSc1ccc(CC(=O)Nc2cc(-c3ccc4[nH]nc(N)c4c3)ccn2)cc1. The summed E-state index contributed by atoms with van der Waals surface area (Å²) in [7, 11) is 0. The van der Waals surface area contributed by atoms with Gasteiger partial charge in [-0.25, -0.2) is 4.98 Å². The van der Waals surface area contributed by atoms with Gasteiger partial charge in [0.05, 0.1) is 11.9 Å². The van der Waals surface area contributed by atoms with Gasteiger partial charge in [-0.05, 0) is 59.3 Å². The molecule has 140 valence electrons. The van der Waals surface area contributed by atoms with E-state index in [-0.39, 0.29) is 5.91 Å². The molecule has 0 spiro atoms. The molecule has 0 saturated heterocycles. The van der Waals surface area contributed by atoms with Crippen LogP contribution in [0.2, 0.25) is 0 Å². The fourth-order valence-corrected chi connectivity index (χ4v) is 3.42. The third-order valence-electron chi connectivity index (χ3n) is 4.48. The van der Waals surface area contributed by atoms with E-state index in [1.54, 1.807) is 18.0 Å². The second-order valence-electron chi connectivity index (χ2n) is 6.37. The van der Waals surface area contributed by atoms with Gasteiger partial charge >= 0.3 is 0 Å². The van der Waals surface area contributed by atoms with Crippen LogP contribution >= 0.6 is 11.8 Å². The highest BCUT2D eigenvalue weighted by Gasteiger charge is 2.08. The third-order valence-corrected chi connectivity index (χ3v) is 5.22. The molecule has 0 unspecified atom stereocenters. The number of thioether (sulfide) groups is 1. The number of amides is 1. The van der Waals surface area contributed by atoms with Crippen LogP contribution in [0.5, 0.6) is 0 Å². The summed E-state index contributed by atoms with van der Waals surface area (Å²) in [6, 6.07) is 17.6. The van der Waals surface area contributed by atoms with Gasteiger partial charge in [0.2, 0.25) is 5.91 Å². The lowest BCUT2D eigenvalue weighted by Crippen LogP contribution is -2.15. The predicted octanol–water partition coefficient (Wildman–Crippen LogP) is 4.11. The molecule has 0 aliphatic heterocycles. The second kappa shape index (κ2) is 7.74. The number of anilines is 2. The van der Waals surface area contributed by atoms with Gasteiger partial charge in [0.15, 0.2) is 5.82 Å². The average Bonchev–Trinajstić information content (AvgIpc) is 3.09. The van der Waals surface area contributed by atoms with Crippen LogP contribution in [0.1, 0.15) is 5.56 Å². The minimum Gasteiger partial charge on any atom is -0.382 e. The van der Waals surface area contributed by atoms with Crippen molar-refractivity contribution in [3.05, 3.63) is 66.4 Å². The van der Waals surface area contributed by atoms with Gasteiger partial charge in [0.1, 0.15) is 5.82 Å². The average molecular weight is 389 g/mol. The maximum Gasteiger partial charge on any atom is 0.229 e. The van der Waals surface area contributed by atoms with E-state index < -0.39 is 0 Å². The molecule has 7 heteroatoms. The van der Waals surface area contributed by atoms with Gasteiger partial charge in [-0.15, -0.1) is 11.8 Å². The number of hydrogen-bond acceptors (Lipinski definition) is 5. The number of benzene rings is 2. The largest absolute Gasteiger partial charge is 0.382 e. The highest BCUT2D eigenvalue weighted by atomic mass is 32.2. The van der Waals surface area contributed by atoms with Crippen molar-refractivity contribution < 1.29 is 4.79 Å². The zero-order valence-electron chi connectivity index (χ0n) is 15.3. The highest BCUT2D eigenvalue weighted by Crippen LogP contribution is 2.27. The van der Waals surface area contributed by atoms with Crippen molar-refractivity contribution in [1.29, 1.82) is 0 Å². The number of nitrogens with two attached hydrogens (primary N) is 1. The maximum absolute atomic E-state index is 12.4. The number of nitrogen functional groups attached to an aromatic ring is 1. The molecule has 0 atom stereocenters. The number of fused-ring (bicyclic) bond motifs is 1. The number of rotatable bonds is 5. The van der Waals surface area contributed by atoms with Crippen LogP contribution in [0, 0.1) is 0 Å². The number of pyridine rings is 1. The van der Waals surface area contributed by atoms with Gasteiger partial charge in [-0.3, -0.25) is 9.89 Å². The Morgan fingerprint density at radius 2 is 1.89 bits per heavy atom. The van der Waals surface area contributed by atoms with E-state index in [1.807, 2.05) is 60.9 Å². The normalized spacial score (nSPS) is 10.9. The first-order valence-electron chi connectivity index (χ1n) is 8.75. The molecule has 6 nitrogen and oxygen atoms in total. The highest BCUT2D eigenvalue weighted by molar-refractivity contribution is 7.98. The summed E-state index contributed by atoms with van der Waals surface area (Å²) in [6.45, 7) is 0. The third kappa shape index (κ3) is 3.84. The van der Waals surface area contributed by atoms with E-state index >= 15 is 0 Å². The van der Waals surface area contributed by atoms with Crippen molar-refractivity contribution in [2.75, 3.05) is 17.3 Å². The Bertz CT molecular complexity index is 1140. The quantitative estimate of drug-likeness (QED) is 0.446. The first-order valence-corrected chi connectivity index (χ1v) is 9.97. The van der Waals surface area contributed by atoms with Crippen molar-refractivity contribution in [3.63, 3.8) is 0 Å². The number of aromatic amines is 1. The fourth-order valence-electron chi connectivity index (χ4n) is 3.01. The minimum absolute atomic E-state index is 0.101. The summed E-state index contributed by atoms with van der Waals surface area (Å²) in [5, 5.41) is 10.7. The Hall–Kier alpha value is -3.32. The standard InChI is InChI=1S/C21H19N5OS/c1-28-16-5-2-13(3-6-16)10-20(27)24-19-12-15(8-9-23-19)14-4-7-18-17(11-14)21(22)26-25-18/h2-9,11-12H,10H2,1H3,(H3,22,25,26)(H,23,24,27). The van der Waals surface area contributed by atoms with E-state index in [4.69, 9.17) is 5.73 Å². The van der Waals surface area contributed by atoms with Gasteiger partial charge in [0.25, 0.3) is 0 Å². The molecule has 2 aromatic heterocycles. The van der Waals surface area contributed by atoms with Crippen molar-refractivity contribution in [1.82, 2.24) is 15.2 Å². The van der Waals surface area contributed by atoms with E-state index in [2.05, 4.69) is 20.5 Å². The second-order valence-corrected chi connectivity index (χ2v) is 7.25. The zero-order chi connectivity index (χ0) is 19.5. The number of carbonyl (C=O) groups excluding carboxylic acids is 1. The Kier molecular flexibility index (Phi) is 4.99. The molecule has 2 heterocycles. The zero-order valence-corrected chi connectivity index (χ0v) is 16.1. The Morgan fingerprint density at radius 3 is 2.68 bits per heavy atom. The number of nitrogens with zero attached hydrogens (tertiary/aromatic N) is 2. The minimum atomic E-state index is -0.101. The molecule has 0 fully saturated rings. The van der Waals surface area contributed by atoms with Gasteiger partial charge in [0, 0.05) is 16.5 Å². The maximum atomic E-state index is 12.4. The van der Waals surface area contributed by atoms with Crippen LogP contribution in [0.15, 0.2) is 65.7 Å². The van der Waals surface area contributed by atoms with Crippen LogP contribution in [-0.4, -0.2) is 27.3 Å². The Labute approximate surface area is 166 Å². The molecular formula is C21H19N5OS. The first kappa shape index (κ1) is 18.1. The number of hydrogen-bond donors (Lipinski definition) is 3. The summed E-state index contributed by atoms with van der Waals surface area (Å²) in [6.07, 6.45) is 4.01. The van der Waals surface area contributed by atoms with Crippen LogP contribution in [0.3, 0.4) is 0 Å². The first-order chi connectivity index (χ1) is 13.6. The predicted molar refractivity (Wildman–Crippen MR) is 114 cm³/mol. The topological polar surface area (TPSA) is 96.7 Å². The van der Waals surface area contributed by atoms with E-state index in [0.717, 1.165) is 27.6 Å². The lowest BCUT2D eigenvalue weighted by molar-refractivity contribution is -0.115. The molecule has 0 aliphatic carbocycles. The summed E-state index contributed by atoms with van der Waals surface area (Å²) in [5.74, 6) is 0.881. The lowest BCUT2D eigenvalue weighted by atomic mass is 10.0. The molecule has 4 rings (SSSR count). The van der Waals surface area contributed by atoms with Gasteiger partial charge < -0.3 is 11.1 Å². The molecule has 4 N–H and O–H groups in total. The van der Waals surface area contributed by atoms with Gasteiger partial charge in [-0.2, -0.15) is 5.10 Å². The molecule has 1 amide bonds. The molecule has 0 bridgehead atoms.